The summed E-state index contributed by atoms with van der Waals surface area (Å²) in [6, 6.07) is 0.253. The predicted molar refractivity (Wildman–Crippen MR) is 71.2 cm³/mol. The fraction of sp³-hybridized carbons (Fsp3) is 0.929. The fourth-order valence-electron chi connectivity index (χ4n) is 3.20. The second-order valence-corrected chi connectivity index (χ2v) is 5.92. The van der Waals surface area contributed by atoms with Gasteiger partial charge in [0.1, 0.15) is 0 Å². The quantitative estimate of drug-likeness (QED) is 0.831. The molecule has 18 heavy (non-hydrogen) atoms. The van der Waals surface area contributed by atoms with Gasteiger partial charge in [0.25, 0.3) is 0 Å². The highest BCUT2D eigenvalue weighted by Gasteiger charge is 2.47. The van der Waals surface area contributed by atoms with Crippen LogP contribution in [0.3, 0.4) is 0 Å². The number of rotatable bonds is 3. The third-order valence-electron chi connectivity index (χ3n) is 4.62. The molecule has 2 aliphatic rings. The van der Waals surface area contributed by atoms with Gasteiger partial charge in [-0.3, -0.25) is 4.79 Å². The summed E-state index contributed by atoms with van der Waals surface area (Å²) < 4.78 is 5.40. The van der Waals surface area contributed by atoms with Crippen molar-refractivity contribution in [3.8, 4) is 0 Å². The summed E-state index contributed by atoms with van der Waals surface area (Å²) in [6.45, 7) is 5.78. The monoisotopic (exact) mass is 254 g/mol. The van der Waals surface area contributed by atoms with Crippen molar-refractivity contribution in [3.05, 3.63) is 0 Å². The molecule has 2 N–H and O–H groups in total. The van der Waals surface area contributed by atoms with Crippen molar-refractivity contribution in [2.24, 2.45) is 11.1 Å². The molecule has 0 bridgehead atoms. The Morgan fingerprint density at radius 3 is 2.56 bits per heavy atom. The third-order valence-corrected chi connectivity index (χ3v) is 4.62. The molecule has 4 heteroatoms. The Morgan fingerprint density at radius 1 is 1.39 bits per heavy atom. The van der Waals surface area contributed by atoms with E-state index in [4.69, 9.17) is 10.5 Å². The summed E-state index contributed by atoms with van der Waals surface area (Å²) >= 11 is 0. The van der Waals surface area contributed by atoms with Gasteiger partial charge in [-0.05, 0) is 26.7 Å². The van der Waals surface area contributed by atoms with Crippen LogP contribution < -0.4 is 5.73 Å². The number of nitrogens with two attached hydrogens (primary N) is 1. The normalized spacial score (nSPS) is 33.6. The van der Waals surface area contributed by atoms with Crippen molar-refractivity contribution in [1.29, 1.82) is 0 Å². The van der Waals surface area contributed by atoms with Crippen molar-refractivity contribution in [3.63, 3.8) is 0 Å². The van der Waals surface area contributed by atoms with Crippen LogP contribution in [0.4, 0.5) is 0 Å². The van der Waals surface area contributed by atoms with E-state index in [0.29, 0.717) is 19.3 Å². The molecule has 1 aliphatic heterocycles. The topological polar surface area (TPSA) is 55.6 Å². The van der Waals surface area contributed by atoms with E-state index in [-0.39, 0.29) is 11.9 Å². The summed E-state index contributed by atoms with van der Waals surface area (Å²) in [5.41, 5.74) is 5.54. The Bertz CT molecular complexity index is 302. The molecule has 1 amide bonds. The van der Waals surface area contributed by atoms with Crippen molar-refractivity contribution in [1.82, 2.24) is 4.90 Å². The molecular weight excluding hydrogens is 228 g/mol. The van der Waals surface area contributed by atoms with Gasteiger partial charge in [0.15, 0.2) is 0 Å². The zero-order chi connectivity index (χ0) is 13.2. The van der Waals surface area contributed by atoms with Gasteiger partial charge in [-0.2, -0.15) is 0 Å². The van der Waals surface area contributed by atoms with Crippen LogP contribution in [0.1, 0.15) is 46.0 Å². The molecule has 0 aromatic carbocycles. The molecule has 1 aliphatic carbocycles. The molecule has 104 valence electrons. The van der Waals surface area contributed by atoms with Crippen LogP contribution in [0.2, 0.25) is 0 Å². The van der Waals surface area contributed by atoms with Gasteiger partial charge in [-0.15, -0.1) is 0 Å². The zero-order valence-electron chi connectivity index (χ0n) is 11.7. The van der Waals surface area contributed by atoms with Crippen LogP contribution in [0.25, 0.3) is 0 Å². The molecule has 1 saturated carbocycles. The molecule has 1 heterocycles. The van der Waals surface area contributed by atoms with Crippen LogP contribution in [0, 0.1) is 5.41 Å². The molecule has 1 saturated heterocycles. The fourth-order valence-corrected chi connectivity index (χ4v) is 3.20. The van der Waals surface area contributed by atoms with Crippen LogP contribution in [0.15, 0.2) is 0 Å². The van der Waals surface area contributed by atoms with E-state index >= 15 is 0 Å². The average molecular weight is 254 g/mol. The maximum absolute atomic E-state index is 12.8. The summed E-state index contributed by atoms with van der Waals surface area (Å²) in [4.78, 5) is 14.8. The SMILES string of the molecule is CCN(C(=O)C1(C)COCC1N)C1CCCCC1. The van der Waals surface area contributed by atoms with Crippen LogP contribution in [0.5, 0.6) is 0 Å². The Kier molecular flexibility index (Phi) is 4.28. The average Bonchev–Trinajstić information content (AvgIpc) is 2.73. The summed E-state index contributed by atoms with van der Waals surface area (Å²) in [5, 5.41) is 0. The van der Waals surface area contributed by atoms with Gasteiger partial charge >= 0.3 is 0 Å². The minimum atomic E-state index is -0.520. The van der Waals surface area contributed by atoms with E-state index in [1.54, 1.807) is 0 Å². The number of amides is 1. The second kappa shape index (κ2) is 5.57. The molecule has 4 nitrogen and oxygen atoms in total. The first-order valence-corrected chi connectivity index (χ1v) is 7.24. The van der Waals surface area contributed by atoms with Crippen molar-refractivity contribution in [2.75, 3.05) is 19.8 Å². The van der Waals surface area contributed by atoms with E-state index in [0.717, 1.165) is 19.4 Å². The van der Waals surface area contributed by atoms with Crippen LogP contribution >= 0.6 is 0 Å². The molecular formula is C14H26N2O2. The molecule has 0 aromatic rings. The van der Waals surface area contributed by atoms with Crippen molar-refractivity contribution < 1.29 is 9.53 Å². The molecule has 2 atom stereocenters. The number of hydrogen-bond donors (Lipinski definition) is 1. The first kappa shape index (κ1) is 13.8. The molecule has 2 rings (SSSR count). The smallest absolute Gasteiger partial charge is 0.232 e. The number of nitrogens with zero attached hydrogens (tertiary/aromatic N) is 1. The lowest BCUT2D eigenvalue weighted by atomic mass is 9.82. The molecule has 0 spiro atoms. The Balaban J connectivity index is 2.09. The maximum atomic E-state index is 12.8. The van der Waals surface area contributed by atoms with Crippen LogP contribution in [-0.4, -0.2) is 42.6 Å². The highest BCUT2D eigenvalue weighted by Crippen LogP contribution is 2.32. The lowest BCUT2D eigenvalue weighted by Gasteiger charge is -2.39. The summed E-state index contributed by atoms with van der Waals surface area (Å²) in [6.07, 6.45) is 6.08. The van der Waals surface area contributed by atoms with Gasteiger partial charge in [0.2, 0.25) is 5.91 Å². The van der Waals surface area contributed by atoms with Gasteiger partial charge < -0.3 is 15.4 Å². The van der Waals surface area contributed by atoms with E-state index in [1.807, 2.05) is 11.8 Å². The minimum Gasteiger partial charge on any atom is -0.379 e. The maximum Gasteiger partial charge on any atom is 0.232 e. The van der Waals surface area contributed by atoms with E-state index in [2.05, 4.69) is 6.92 Å². The predicted octanol–water partition coefficient (Wildman–Crippen LogP) is 1.53. The number of ether oxygens (including phenoxy) is 1. The zero-order valence-corrected chi connectivity index (χ0v) is 11.7. The molecule has 0 aromatic heterocycles. The third kappa shape index (κ3) is 2.41. The number of hydrogen-bond acceptors (Lipinski definition) is 3. The summed E-state index contributed by atoms with van der Waals surface area (Å²) in [7, 11) is 0. The Hall–Kier alpha value is -0.610. The van der Waals surface area contributed by atoms with Gasteiger partial charge in [0, 0.05) is 18.6 Å². The lowest BCUT2D eigenvalue weighted by molar-refractivity contribution is -0.144. The van der Waals surface area contributed by atoms with Crippen molar-refractivity contribution in [2.45, 2.75) is 58.0 Å². The largest absolute Gasteiger partial charge is 0.379 e. The van der Waals surface area contributed by atoms with Crippen LogP contribution in [-0.2, 0) is 9.53 Å². The highest BCUT2D eigenvalue weighted by atomic mass is 16.5. The van der Waals surface area contributed by atoms with Gasteiger partial charge in [0.05, 0.1) is 18.6 Å². The molecule has 0 radical (unpaired) electrons. The second-order valence-electron chi connectivity index (χ2n) is 5.92. The molecule has 2 fully saturated rings. The van der Waals surface area contributed by atoms with E-state index in [1.165, 1.54) is 19.3 Å². The molecule has 2 unspecified atom stereocenters. The van der Waals surface area contributed by atoms with Gasteiger partial charge in [-0.25, -0.2) is 0 Å². The first-order chi connectivity index (χ1) is 8.59. The first-order valence-electron chi connectivity index (χ1n) is 7.24. The van der Waals surface area contributed by atoms with Crippen molar-refractivity contribution >= 4 is 5.91 Å². The standard InChI is InChI=1S/C14H26N2O2/c1-3-16(11-7-5-4-6-8-11)13(17)14(2)10-18-9-12(14)15/h11-12H,3-10,15H2,1-2H3. The Morgan fingerprint density at radius 2 is 2.06 bits per heavy atom. The Labute approximate surface area is 110 Å². The highest BCUT2D eigenvalue weighted by molar-refractivity contribution is 5.84. The van der Waals surface area contributed by atoms with Gasteiger partial charge in [-0.1, -0.05) is 19.3 Å². The summed E-state index contributed by atoms with van der Waals surface area (Å²) in [5.74, 6) is 0.196. The lowest BCUT2D eigenvalue weighted by Crippen LogP contribution is -2.54. The van der Waals surface area contributed by atoms with E-state index < -0.39 is 5.41 Å². The minimum absolute atomic E-state index is 0.164. The van der Waals surface area contributed by atoms with E-state index in [9.17, 15) is 4.79 Å². The number of carbonyl (C=O) groups excluding carboxylic acids is 1. The number of carbonyl (C=O) groups is 1.